The molecule has 2 heterocycles. The predicted octanol–water partition coefficient (Wildman–Crippen LogP) is 0.998. The largest absolute Gasteiger partial charge is 0.324 e. The minimum absolute atomic E-state index is 0.00807. The molecule has 1 aromatic heterocycles. The van der Waals surface area contributed by atoms with Crippen LogP contribution in [0.1, 0.15) is 18.0 Å². The van der Waals surface area contributed by atoms with Crippen molar-refractivity contribution in [2.45, 2.75) is 12.5 Å². The first kappa shape index (κ1) is 18.3. The molecule has 26 heavy (non-hydrogen) atoms. The summed E-state index contributed by atoms with van der Waals surface area (Å²) in [5.74, 6) is -1.01. The van der Waals surface area contributed by atoms with E-state index in [1.165, 1.54) is 12.1 Å². The van der Waals surface area contributed by atoms with Crippen LogP contribution in [0.3, 0.4) is 0 Å². The van der Waals surface area contributed by atoms with Crippen molar-refractivity contribution in [1.29, 1.82) is 0 Å². The van der Waals surface area contributed by atoms with Crippen molar-refractivity contribution >= 4 is 27.3 Å². The quantitative estimate of drug-likeness (QED) is 0.805. The average Bonchev–Trinajstić information content (AvgIpc) is 3.15. The number of amides is 1. The molecular formula is C16H20FN5O3S. The van der Waals surface area contributed by atoms with Crippen molar-refractivity contribution in [2.75, 3.05) is 29.0 Å². The van der Waals surface area contributed by atoms with E-state index in [1.54, 1.807) is 31.2 Å². The van der Waals surface area contributed by atoms with Gasteiger partial charge in [-0.3, -0.25) is 13.8 Å². The fraction of sp³-hybridized carbons (Fsp3) is 0.375. The maximum absolute atomic E-state index is 14.2. The van der Waals surface area contributed by atoms with Crippen LogP contribution in [-0.2, 0) is 21.9 Å². The van der Waals surface area contributed by atoms with Gasteiger partial charge in [0.1, 0.15) is 11.9 Å². The lowest BCUT2D eigenvalue weighted by molar-refractivity contribution is -0.118. The lowest BCUT2D eigenvalue weighted by atomic mass is 10.1. The third kappa shape index (κ3) is 3.56. The van der Waals surface area contributed by atoms with E-state index in [1.807, 2.05) is 0 Å². The van der Waals surface area contributed by atoms with Crippen LogP contribution in [0.25, 0.3) is 0 Å². The number of nitrogens with one attached hydrogen (secondary N) is 2. The Labute approximate surface area is 151 Å². The molecule has 0 aliphatic carbocycles. The van der Waals surface area contributed by atoms with Gasteiger partial charge in [0.05, 0.1) is 17.6 Å². The van der Waals surface area contributed by atoms with E-state index in [4.69, 9.17) is 0 Å². The molecule has 2 aromatic rings. The van der Waals surface area contributed by atoms with Crippen molar-refractivity contribution < 1.29 is 17.6 Å². The summed E-state index contributed by atoms with van der Waals surface area (Å²) in [6, 6.07) is 3.24. The van der Waals surface area contributed by atoms with Crippen LogP contribution >= 0.6 is 0 Å². The summed E-state index contributed by atoms with van der Waals surface area (Å²) in [6.07, 6.45) is 3.74. The van der Waals surface area contributed by atoms with Gasteiger partial charge in [0.25, 0.3) is 0 Å². The molecule has 1 aliphatic rings. The van der Waals surface area contributed by atoms with Gasteiger partial charge in [-0.25, -0.2) is 12.8 Å². The number of rotatable bonds is 5. The van der Waals surface area contributed by atoms with E-state index < -0.39 is 21.9 Å². The van der Waals surface area contributed by atoms with Gasteiger partial charge in [0, 0.05) is 31.0 Å². The molecule has 1 amide bonds. The minimum Gasteiger partial charge on any atom is -0.324 e. The van der Waals surface area contributed by atoms with Crippen molar-refractivity contribution in [3.8, 4) is 0 Å². The Balaban J connectivity index is 1.84. The SMILES string of the molecule is CNC(C(=O)Nc1ccc(F)c(N2CCCS2(=O)=O)c1)c1cnn(C)c1. The van der Waals surface area contributed by atoms with Gasteiger partial charge in [-0.1, -0.05) is 0 Å². The predicted molar refractivity (Wildman–Crippen MR) is 95.8 cm³/mol. The van der Waals surface area contributed by atoms with Gasteiger partial charge < -0.3 is 10.6 Å². The number of anilines is 2. The number of aromatic nitrogens is 2. The summed E-state index contributed by atoms with van der Waals surface area (Å²) < 4.78 is 40.9. The number of hydrogen-bond donors (Lipinski definition) is 2. The Kier molecular flexibility index (Phi) is 4.97. The number of aryl methyl sites for hydroxylation is 1. The van der Waals surface area contributed by atoms with E-state index in [0.717, 1.165) is 10.4 Å². The molecule has 1 atom stereocenters. The lowest BCUT2D eigenvalue weighted by Gasteiger charge is -2.19. The Morgan fingerprint density at radius 1 is 1.38 bits per heavy atom. The fourth-order valence-electron chi connectivity index (χ4n) is 2.94. The number of nitrogens with zero attached hydrogens (tertiary/aromatic N) is 3. The van der Waals surface area contributed by atoms with E-state index in [-0.39, 0.29) is 23.9 Å². The second-order valence-corrected chi connectivity index (χ2v) is 8.08. The summed E-state index contributed by atoms with van der Waals surface area (Å²) >= 11 is 0. The first-order chi connectivity index (χ1) is 12.3. The molecule has 0 spiro atoms. The van der Waals surface area contributed by atoms with Gasteiger partial charge in [-0.15, -0.1) is 0 Å². The van der Waals surface area contributed by atoms with Gasteiger partial charge in [0.2, 0.25) is 15.9 Å². The molecule has 3 rings (SSSR count). The molecule has 0 bridgehead atoms. The first-order valence-electron chi connectivity index (χ1n) is 8.08. The summed E-state index contributed by atoms with van der Waals surface area (Å²) in [6.45, 7) is 0.228. The normalized spacial score (nSPS) is 17.3. The van der Waals surface area contributed by atoms with Gasteiger partial charge in [0.15, 0.2) is 0 Å². The molecular weight excluding hydrogens is 361 g/mol. The molecule has 1 aromatic carbocycles. The topological polar surface area (TPSA) is 96.3 Å². The summed E-state index contributed by atoms with van der Waals surface area (Å²) in [5, 5.41) is 9.64. The van der Waals surface area contributed by atoms with Gasteiger partial charge in [-0.05, 0) is 31.7 Å². The molecule has 140 valence electrons. The standard InChI is InChI=1S/C16H20FN5O3S/c1-18-15(11-9-19-21(2)10-11)16(23)20-12-4-5-13(17)14(8-12)22-6-3-7-26(22,24)25/h4-5,8-10,15,18H,3,6-7H2,1-2H3,(H,20,23). The van der Waals surface area contributed by atoms with E-state index in [9.17, 15) is 17.6 Å². The Morgan fingerprint density at radius 2 is 2.15 bits per heavy atom. The minimum atomic E-state index is -3.51. The summed E-state index contributed by atoms with van der Waals surface area (Å²) in [5.41, 5.74) is 0.942. The first-order valence-corrected chi connectivity index (χ1v) is 9.69. The highest BCUT2D eigenvalue weighted by Crippen LogP contribution is 2.29. The molecule has 1 unspecified atom stereocenters. The number of hydrogen-bond acceptors (Lipinski definition) is 5. The van der Waals surface area contributed by atoms with Crippen LogP contribution < -0.4 is 14.9 Å². The molecule has 1 aliphatic heterocycles. The van der Waals surface area contributed by atoms with Crippen molar-refractivity contribution in [2.24, 2.45) is 7.05 Å². The summed E-state index contributed by atoms with van der Waals surface area (Å²) in [4.78, 5) is 12.6. The van der Waals surface area contributed by atoms with Crippen LogP contribution in [-0.4, -0.2) is 43.5 Å². The molecule has 1 fully saturated rings. The zero-order valence-corrected chi connectivity index (χ0v) is 15.3. The Morgan fingerprint density at radius 3 is 2.73 bits per heavy atom. The van der Waals surface area contributed by atoms with Crippen LogP contribution in [0.2, 0.25) is 0 Å². The summed E-state index contributed by atoms with van der Waals surface area (Å²) in [7, 11) is -0.122. The molecule has 10 heteroatoms. The van der Waals surface area contributed by atoms with Crippen LogP contribution in [0, 0.1) is 5.82 Å². The monoisotopic (exact) mass is 381 g/mol. The number of halogens is 1. The lowest BCUT2D eigenvalue weighted by Crippen LogP contribution is -2.30. The van der Waals surface area contributed by atoms with Crippen molar-refractivity contribution in [3.05, 3.63) is 42.0 Å². The highest BCUT2D eigenvalue weighted by molar-refractivity contribution is 7.93. The molecule has 0 saturated carbocycles. The van der Waals surface area contributed by atoms with E-state index in [2.05, 4.69) is 15.7 Å². The maximum Gasteiger partial charge on any atom is 0.246 e. The van der Waals surface area contributed by atoms with E-state index >= 15 is 0 Å². The third-order valence-electron chi connectivity index (χ3n) is 4.19. The molecule has 1 saturated heterocycles. The zero-order chi connectivity index (χ0) is 18.9. The van der Waals surface area contributed by atoms with E-state index in [0.29, 0.717) is 17.7 Å². The number of benzene rings is 1. The second kappa shape index (κ2) is 7.04. The number of likely N-dealkylation sites (N-methyl/N-ethyl adjacent to an activating group) is 1. The average molecular weight is 381 g/mol. The van der Waals surface area contributed by atoms with Crippen LogP contribution in [0.4, 0.5) is 15.8 Å². The third-order valence-corrected chi connectivity index (χ3v) is 6.05. The Bertz CT molecular complexity index is 928. The van der Waals surface area contributed by atoms with Crippen LogP contribution in [0.5, 0.6) is 0 Å². The fourth-order valence-corrected chi connectivity index (χ4v) is 4.51. The maximum atomic E-state index is 14.2. The smallest absolute Gasteiger partial charge is 0.246 e. The molecule has 2 N–H and O–H groups in total. The van der Waals surface area contributed by atoms with Gasteiger partial charge in [-0.2, -0.15) is 5.10 Å². The molecule has 8 nitrogen and oxygen atoms in total. The van der Waals surface area contributed by atoms with Gasteiger partial charge >= 0.3 is 0 Å². The number of carbonyl (C=O) groups excluding carboxylic acids is 1. The second-order valence-electron chi connectivity index (χ2n) is 6.07. The number of sulfonamides is 1. The van der Waals surface area contributed by atoms with Crippen molar-refractivity contribution in [3.63, 3.8) is 0 Å². The molecule has 0 radical (unpaired) electrons. The number of carbonyl (C=O) groups is 1. The van der Waals surface area contributed by atoms with Crippen LogP contribution in [0.15, 0.2) is 30.6 Å². The highest BCUT2D eigenvalue weighted by atomic mass is 32.2. The highest BCUT2D eigenvalue weighted by Gasteiger charge is 2.30. The Hall–Kier alpha value is -2.46. The zero-order valence-electron chi connectivity index (χ0n) is 14.4. The van der Waals surface area contributed by atoms with Crippen molar-refractivity contribution in [1.82, 2.24) is 15.1 Å².